The number of carbonyl (C=O) groups excluding carboxylic acids is 1. The van der Waals surface area contributed by atoms with E-state index < -0.39 is 10.0 Å². The molecule has 0 saturated heterocycles. The Morgan fingerprint density at radius 3 is 2.67 bits per heavy atom. The Kier molecular flexibility index (Phi) is 8.90. The number of sulfonamides is 1. The van der Waals surface area contributed by atoms with Crippen molar-refractivity contribution in [2.45, 2.75) is 26.3 Å². The minimum Gasteiger partial charge on any atom is -0.381 e. The SMILES string of the molecule is CCOCCS(=O)(=O)NCC(=O)NCCC(C)N. The Morgan fingerprint density at radius 2 is 2.11 bits per heavy atom. The summed E-state index contributed by atoms with van der Waals surface area (Å²) in [5.41, 5.74) is 5.51. The highest BCUT2D eigenvalue weighted by Crippen LogP contribution is 1.86. The molecule has 0 fully saturated rings. The minimum atomic E-state index is -3.45. The van der Waals surface area contributed by atoms with E-state index in [2.05, 4.69) is 10.0 Å². The van der Waals surface area contributed by atoms with Crippen molar-refractivity contribution in [3.63, 3.8) is 0 Å². The predicted molar refractivity (Wildman–Crippen MR) is 69.6 cm³/mol. The van der Waals surface area contributed by atoms with E-state index in [9.17, 15) is 13.2 Å². The van der Waals surface area contributed by atoms with Crippen LogP contribution in [0.15, 0.2) is 0 Å². The zero-order valence-electron chi connectivity index (χ0n) is 10.9. The van der Waals surface area contributed by atoms with Gasteiger partial charge in [-0.1, -0.05) is 0 Å². The smallest absolute Gasteiger partial charge is 0.235 e. The fourth-order valence-electron chi connectivity index (χ4n) is 1.06. The first-order valence-corrected chi connectivity index (χ1v) is 7.60. The zero-order chi connectivity index (χ0) is 14.0. The van der Waals surface area contributed by atoms with Gasteiger partial charge in [0.05, 0.1) is 18.9 Å². The van der Waals surface area contributed by atoms with E-state index in [1.165, 1.54) is 0 Å². The van der Waals surface area contributed by atoms with Gasteiger partial charge in [-0.15, -0.1) is 0 Å². The van der Waals surface area contributed by atoms with Crippen LogP contribution in [0.3, 0.4) is 0 Å². The zero-order valence-corrected chi connectivity index (χ0v) is 11.8. The molecule has 0 aliphatic heterocycles. The Labute approximate surface area is 108 Å². The lowest BCUT2D eigenvalue weighted by molar-refractivity contribution is -0.119. The maximum Gasteiger partial charge on any atom is 0.235 e. The molecule has 7 nitrogen and oxygen atoms in total. The molecule has 0 aliphatic rings. The largest absolute Gasteiger partial charge is 0.381 e. The third-order valence-electron chi connectivity index (χ3n) is 2.08. The molecule has 0 aliphatic carbocycles. The average Bonchev–Trinajstić information content (AvgIpc) is 2.26. The van der Waals surface area contributed by atoms with Crippen LogP contribution in [0.4, 0.5) is 0 Å². The molecule has 0 aromatic heterocycles. The highest BCUT2D eigenvalue weighted by atomic mass is 32.2. The van der Waals surface area contributed by atoms with Gasteiger partial charge in [0.25, 0.3) is 0 Å². The van der Waals surface area contributed by atoms with Crippen LogP contribution in [0, 0.1) is 0 Å². The maximum atomic E-state index is 11.4. The van der Waals surface area contributed by atoms with Crippen molar-refractivity contribution in [2.24, 2.45) is 5.73 Å². The van der Waals surface area contributed by atoms with Crippen molar-refractivity contribution >= 4 is 15.9 Å². The number of carbonyl (C=O) groups is 1. The van der Waals surface area contributed by atoms with E-state index in [1.54, 1.807) is 6.92 Å². The summed E-state index contributed by atoms with van der Waals surface area (Å²) in [5.74, 6) is -0.510. The van der Waals surface area contributed by atoms with Crippen LogP contribution in [0.1, 0.15) is 20.3 Å². The lowest BCUT2D eigenvalue weighted by Gasteiger charge is -2.09. The third kappa shape index (κ3) is 10.5. The van der Waals surface area contributed by atoms with E-state index in [0.29, 0.717) is 19.6 Å². The van der Waals surface area contributed by atoms with E-state index in [4.69, 9.17) is 10.5 Å². The van der Waals surface area contributed by atoms with Gasteiger partial charge in [-0.25, -0.2) is 13.1 Å². The molecular weight excluding hydrogens is 258 g/mol. The summed E-state index contributed by atoms with van der Waals surface area (Å²) in [5, 5.41) is 2.58. The predicted octanol–water partition coefficient (Wildman–Crippen LogP) is -1.20. The quantitative estimate of drug-likeness (QED) is 0.435. The molecule has 0 radical (unpaired) electrons. The molecule has 0 saturated carbocycles. The second-order valence-corrected chi connectivity index (χ2v) is 5.88. The van der Waals surface area contributed by atoms with Gasteiger partial charge in [0.2, 0.25) is 15.9 Å². The van der Waals surface area contributed by atoms with Crippen molar-refractivity contribution in [2.75, 3.05) is 32.1 Å². The summed E-state index contributed by atoms with van der Waals surface area (Å²) in [6.07, 6.45) is 0.656. The van der Waals surface area contributed by atoms with Gasteiger partial charge < -0.3 is 15.8 Å². The highest BCUT2D eigenvalue weighted by molar-refractivity contribution is 7.89. The standard InChI is InChI=1S/C10H23N3O4S/c1-3-17-6-7-18(15,16)13-8-10(14)12-5-4-9(2)11/h9,13H,3-8,11H2,1-2H3,(H,12,14). The summed E-state index contributed by atoms with van der Waals surface area (Å²) in [7, 11) is -3.45. The van der Waals surface area contributed by atoms with Gasteiger partial charge in [-0.3, -0.25) is 4.79 Å². The Bertz CT molecular complexity index is 330. The molecule has 1 amide bonds. The first-order valence-electron chi connectivity index (χ1n) is 5.94. The Morgan fingerprint density at radius 1 is 1.44 bits per heavy atom. The summed E-state index contributed by atoms with van der Waals surface area (Å²) < 4.78 is 29.9. The summed E-state index contributed by atoms with van der Waals surface area (Å²) >= 11 is 0. The fourth-order valence-corrected chi connectivity index (χ4v) is 1.90. The number of ether oxygens (including phenoxy) is 1. The third-order valence-corrected chi connectivity index (χ3v) is 3.36. The molecule has 0 aromatic carbocycles. The van der Waals surface area contributed by atoms with Gasteiger partial charge in [0, 0.05) is 19.2 Å². The first kappa shape index (κ1) is 17.3. The summed E-state index contributed by atoms with van der Waals surface area (Å²) in [4.78, 5) is 11.3. The summed E-state index contributed by atoms with van der Waals surface area (Å²) in [6, 6.07) is 0.00758. The second kappa shape index (κ2) is 9.26. The van der Waals surface area contributed by atoms with Crippen molar-refractivity contribution in [3.05, 3.63) is 0 Å². The molecule has 1 atom stereocenters. The minimum absolute atomic E-state index is 0.00758. The van der Waals surface area contributed by atoms with Crippen molar-refractivity contribution < 1.29 is 17.9 Å². The van der Waals surface area contributed by atoms with E-state index in [-0.39, 0.29) is 30.9 Å². The van der Waals surface area contributed by atoms with Crippen LogP contribution < -0.4 is 15.8 Å². The van der Waals surface area contributed by atoms with Crippen LogP contribution in [-0.4, -0.2) is 52.4 Å². The number of hydrogen-bond donors (Lipinski definition) is 3. The van der Waals surface area contributed by atoms with Crippen molar-refractivity contribution in [3.8, 4) is 0 Å². The van der Waals surface area contributed by atoms with E-state index in [1.807, 2.05) is 6.92 Å². The number of nitrogens with one attached hydrogen (secondary N) is 2. The van der Waals surface area contributed by atoms with Crippen LogP contribution in [0.25, 0.3) is 0 Å². The van der Waals surface area contributed by atoms with Crippen molar-refractivity contribution in [1.29, 1.82) is 0 Å². The van der Waals surface area contributed by atoms with Gasteiger partial charge in [-0.2, -0.15) is 0 Å². The molecule has 0 heterocycles. The topological polar surface area (TPSA) is 111 Å². The molecule has 4 N–H and O–H groups in total. The molecule has 0 bridgehead atoms. The van der Waals surface area contributed by atoms with Crippen LogP contribution in [0.5, 0.6) is 0 Å². The first-order chi connectivity index (χ1) is 8.37. The number of hydrogen-bond acceptors (Lipinski definition) is 5. The second-order valence-electron chi connectivity index (χ2n) is 3.95. The normalized spacial score (nSPS) is 13.3. The molecule has 0 spiro atoms. The molecular formula is C10H23N3O4S. The van der Waals surface area contributed by atoms with Crippen LogP contribution in [0.2, 0.25) is 0 Å². The summed E-state index contributed by atoms with van der Waals surface area (Å²) in [6.45, 7) is 4.39. The average molecular weight is 281 g/mol. The van der Waals surface area contributed by atoms with Gasteiger partial charge in [0.15, 0.2) is 0 Å². The molecule has 0 aromatic rings. The van der Waals surface area contributed by atoms with E-state index >= 15 is 0 Å². The van der Waals surface area contributed by atoms with Gasteiger partial charge in [0.1, 0.15) is 0 Å². The molecule has 8 heteroatoms. The van der Waals surface area contributed by atoms with Crippen LogP contribution >= 0.6 is 0 Å². The lowest BCUT2D eigenvalue weighted by atomic mass is 10.2. The van der Waals surface area contributed by atoms with E-state index in [0.717, 1.165) is 0 Å². The fraction of sp³-hybridized carbons (Fsp3) is 0.900. The van der Waals surface area contributed by atoms with Crippen LogP contribution in [-0.2, 0) is 19.6 Å². The van der Waals surface area contributed by atoms with Gasteiger partial charge >= 0.3 is 0 Å². The van der Waals surface area contributed by atoms with Gasteiger partial charge in [-0.05, 0) is 20.3 Å². The highest BCUT2D eigenvalue weighted by Gasteiger charge is 2.11. The number of rotatable bonds is 10. The molecule has 18 heavy (non-hydrogen) atoms. The number of nitrogens with two attached hydrogens (primary N) is 1. The Balaban J connectivity index is 3.76. The number of amides is 1. The molecule has 1 unspecified atom stereocenters. The lowest BCUT2D eigenvalue weighted by Crippen LogP contribution is -2.39. The molecule has 0 rings (SSSR count). The Hall–Kier alpha value is -0.700. The van der Waals surface area contributed by atoms with Crippen molar-refractivity contribution in [1.82, 2.24) is 10.0 Å². The molecule has 108 valence electrons. The monoisotopic (exact) mass is 281 g/mol. The maximum absolute atomic E-state index is 11.4.